The SMILES string of the molecule is CC(=O)C(=O)C(=O)C1CCCCC1. The van der Waals surface area contributed by atoms with Crippen LogP contribution in [0.5, 0.6) is 0 Å². The van der Waals surface area contributed by atoms with E-state index in [1.54, 1.807) is 0 Å². The minimum atomic E-state index is -0.813. The van der Waals surface area contributed by atoms with Crippen LogP contribution < -0.4 is 0 Å². The first kappa shape index (κ1) is 10.1. The van der Waals surface area contributed by atoms with Gasteiger partial charge >= 0.3 is 0 Å². The lowest BCUT2D eigenvalue weighted by Crippen LogP contribution is -2.29. The third kappa shape index (κ3) is 2.47. The van der Waals surface area contributed by atoms with E-state index < -0.39 is 17.3 Å². The summed E-state index contributed by atoms with van der Waals surface area (Å²) in [5.41, 5.74) is 0. The molecule has 0 amide bonds. The van der Waals surface area contributed by atoms with Crippen LogP contribution in [0, 0.1) is 5.92 Å². The van der Waals surface area contributed by atoms with Gasteiger partial charge in [0, 0.05) is 12.8 Å². The highest BCUT2D eigenvalue weighted by Crippen LogP contribution is 2.24. The zero-order valence-electron chi connectivity index (χ0n) is 7.84. The number of rotatable bonds is 3. The molecule has 3 heteroatoms. The summed E-state index contributed by atoms with van der Waals surface area (Å²) in [4.78, 5) is 33.1. The Morgan fingerprint density at radius 2 is 1.54 bits per heavy atom. The van der Waals surface area contributed by atoms with Crippen molar-refractivity contribution < 1.29 is 14.4 Å². The Labute approximate surface area is 77.5 Å². The molecule has 1 saturated carbocycles. The van der Waals surface area contributed by atoms with Gasteiger partial charge in [0.1, 0.15) is 0 Å². The zero-order chi connectivity index (χ0) is 9.84. The smallest absolute Gasteiger partial charge is 0.264 e. The summed E-state index contributed by atoms with van der Waals surface area (Å²) in [6.45, 7) is 1.16. The molecule has 1 rings (SSSR count). The normalized spacial score (nSPS) is 18.2. The van der Waals surface area contributed by atoms with Gasteiger partial charge in [-0.05, 0) is 12.8 Å². The van der Waals surface area contributed by atoms with E-state index in [9.17, 15) is 14.4 Å². The maximum Gasteiger partial charge on any atom is 0.264 e. The molecule has 0 aliphatic heterocycles. The Morgan fingerprint density at radius 1 is 1.00 bits per heavy atom. The van der Waals surface area contributed by atoms with Gasteiger partial charge in [-0.1, -0.05) is 19.3 Å². The molecule has 0 atom stereocenters. The van der Waals surface area contributed by atoms with Crippen LogP contribution in [0.1, 0.15) is 39.0 Å². The summed E-state index contributed by atoms with van der Waals surface area (Å²) >= 11 is 0. The Kier molecular flexibility index (Phi) is 3.34. The van der Waals surface area contributed by atoms with Crippen molar-refractivity contribution in [3.63, 3.8) is 0 Å². The van der Waals surface area contributed by atoms with E-state index >= 15 is 0 Å². The molecule has 1 aliphatic carbocycles. The molecule has 0 saturated heterocycles. The predicted molar refractivity (Wildman–Crippen MR) is 47.3 cm³/mol. The number of carbonyl (C=O) groups excluding carboxylic acids is 3. The second-order valence-corrected chi connectivity index (χ2v) is 3.58. The monoisotopic (exact) mass is 182 g/mol. The highest BCUT2D eigenvalue weighted by Gasteiger charge is 2.28. The van der Waals surface area contributed by atoms with Gasteiger partial charge in [0.25, 0.3) is 5.78 Å². The van der Waals surface area contributed by atoms with E-state index in [4.69, 9.17) is 0 Å². The first-order valence-corrected chi connectivity index (χ1v) is 4.72. The molecule has 0 bridgehead atoms. The van der Waals surface area contributed by atoms with Gasteiger partial charge in [-0.3, -0.25) is 14.4 Å². The van der Waals surface area contributed by atoms with Crippen LogP contribution in [0.3, 0.4) is 0 Å². The van der Waals surface area contributed by atoms with Crippen molar-refractivity contribution in [3.05, 3.63) is 0 Å². The second kappa shape index (κ2) is 4.30. The fraction of sp³-hybridized carbons (Fsp3) is 0.700. The molecule has 0 aromatic rings. The molecule has 1 fully saturated rings. The van der Waals surface area contributed by atoms with Crippen molar-refractivity contribution in [2.45, 2.75) is 39.0 Å². The summed E-state index contributed by atoms with van der Waals surface area (Å²) < 4.78 is 0. The van der Waals surface area contributed by atoms with E-state index in [0.29, 0.717) is 0 Å². The van der Waals surface area contributed by atoms with Gasteiger partial charge in [0.15, 0.2) is 0 Å². The Bertz CT molecular complexity index is 237. The average molecular weight is 182 g/mol. The maximum absolute atomic E-state index is 11.4. The second-order valence-electron chi connectivity index (χ2n) is 3.58. The molecule has 72 valence electrons. The number of hydrogen-bond acceptors (Lipinski definition) is 3. The van der Waals surface area contributed by atoms with Crippen molar-refractivity contribution in [3.8, 4) is 0 Å². The third-order valence-corrected chi connectivity index (χ3v) is 2.52. The Morgan fingerprint density at radius 3 is 2.00 bits per heavy atom. The molecule has 0 unspecified atom stereocenters. The predicted octanol–water partition coefficient (Wildman–Crippen LogP) is 1.29. The number of carbonyl (C=O) groups is 3. The summed E-state index contributed by atoms with van der Waals surface area (Å²) in [6, 6.07) is 0. The largest absolute Gasteiger partial charge is 0.291 e. The van der Waals surface area contributed by atoms with Crippen LogP contribution in [0.25, 0.3) is 0 Å². The van der Waals surface area contributed by atoms with Gasteiger partial charge in [0.05, 0.1) is 0 Å². The van der Waals surface area contributed by atoms with E-state index in [1.165, 1.54) is 0 Å². The van der Waals surface area contributed by atoms with Gasteiger partial charge in [-0.2, -0.15) is 0 Å². The lowest BCUT2D eigenvalue weighted by Gasteiger charge is -2.18. The maximum atomic E-state index is 11.4. The van der Waals surface area contributed by atoms with E-state index in [0.717, 1.165) is 39.0 Å². The van der Waals surface area contributed by atoms with E-state index in [-0.39, 0.29) is 5.92 Å². The first-order chi connectivity index (χ1) is 6.13. The van der Waals surface area contributed by atoms with Gasteiger partial charge < -0.3 is 0 Å². The number of Topliss-reactive ketones (excluding diaryl/α,β-unsaturated/α-hetero) is 3. The fourth-order valence-corrected chi connectivity index (χ4v) is 1.72. The molecule has 13 heavy (non-hydrogen) atoms. The van der Waals surface area contributed by atoms with Crippen LogP contribution in [-0.4, -0.2) is 17.3 Å². The first-order valence-electron chi connectivity index (χ1n) is 4.72. The van der Waals surface area contributed by atoms with Crippen LogP contribution in [-0.2, 0) is 14.4 Å². The van der Waals surface area contributed by atoms with Gasteiger partial charge in [-0.25, -0.2) is 0 Å². The standard InChI is InChI=1S/C10H14O3/c1-7(11)9(12)10(13)8-5-3-2-4-6-8/h8H,2-6H2,1H3. The third-order valence-electron chi connectivity index (χ3n) is 2.52. The molecule has 0 radical (unpaired) electrons. The van der Waals surface area contributed by atoms with Crippen LogP contribution >= 0.6 is 0 Å². The minimum absolute atomic E-state index is 0.176. The quantitative estimate of drug-likeness (QED) is 0.488. The van der Waals surface area contributed by atoms with E-state index in [1.807, 2.05) is 0 Å². The Balaban J connectivity index is 2.55. The molecule has 0 spiro atoms. The average Bonchev–Trinajstić information content (AvgIpc) is 2.17. The molecule has 1 aliphatic rings. The number of ketones is 3. The molecular formula is C10H14O3. The lowest BCUT2D eigenvalue weighted by atomic mass is 9.84. The number of hydrogen-bond donors (Lipinski definition) is 0. The summed E-state index contributed by atoms with van der Waals surface area (Å²) in [5, 5.41) is 0. The molecular weight excluding hydrogens is 168 g/mol. The molecule has 0 heterocycles. The highest BCUT2D eigenvalue weighted by atomic mass is 16.2. The minimum Gasteiger partial charge on any atom is -0.291 e. The van der Waals surface area contributed by atoms with Crippen LogP contribution in [0.4, 0.5) is 0 Å². The van der Waals surface area contributed by atoms with Crippen molar-refractivity contribution in [1.82, 2.24) is 0 Å². The van der Waals surface area contributed by atoms with E-state index in [2.05, 4.69) is 0 Å². The van der Waals surface area contributed by atoms with Crippen LogP contribution in [0.15, 0.2) is 0 Å². The molecule has 0 N–H and O–H groups in total. The van der Waals surface area contributed by atoms with Crippen molar-refractivity contribution in [2.75, 3.05) is 0 Å². The Hall–Kier alpha value is -0.990. The fourth-order valence-electron chi connectivity index (χ4n) is 1.72. The zero-order valence-corrected chi connectivity index (χ0v) is 7.84. The molecule has 0 aromatic heterocycles. The van der Waals surface area contributed by atoms with Crippen LogP contribution in [0.2, 0.25) is 0 Å². The van der Waals surface area contributed by atoms with Gasteiger partial charge in [0.2, 0.25) is 11.6 Å². The van der Waals surface area contributed by atoms with Crippen molar-refractivity contribution in [2.24, 2.45) is 5.92 Å². The summed E-state index contributed by atoms with van der Waals surface area (Å²) in [6.07, 6.45) is 4.69. The van der Waals surface area contributed by atoms with Crippen molar-refractivity contribution >= 4 is 17.3 Å². The molecule has 3 nitrogen and oxygen atoms in total. The summed E-state index contributed by atoms with van der Waals surface area (Å²) in [7, 11) is 0. The highest BCUT2D eigenvalue weighted by molar-refractivity contribution is 6.63. The van der Waals surface area contributed by atoms with Gasteiger partial charge in [-0.15, -0.1) is 0 Å². The lowest BCUT2D eigenvalue weighted by molar-refractivity contribution is -0.145. The van der Waals surface area contributed by atoms with Crippen molar-refractivity contribution in [1.29, 1.82) is 0 Å². The topological polar surface area (TPSA) is 51.2 Å². The summed E-state index contributed by atoms with van der Waals surface area (Å²) in [5.74, 6) is -2.08. The molecule has 0 aromatic carbocycles.